The molecule has 0 saturated heterocycles. The maximum atomic E-state index is 14.1. The molecule has 0 aliphatic carbocycles. The van der Waals surface area contributed by atoms with Gasteiger partial charge in [-0.25, -0.2) is 0 Å². The summed E-state index contributed by atoms with van der Waals surface area (Å²) in [5.41, 5.74) is 1.65. The lowest BCUT2D eigenvalue weighted by molar-refractivity contribution is -0.160. The van der Waals surface area contributed by atoms with Crippen molar-refractivity contribution in [3.05, 3.63) is 34.4 Å². The summed E-state index contributed by atoms with van der Waals surface area (Å²) in [5.74, 6) is 0. The number of carbonyl (C=O) groups is 1. The summed E-state index contributed by atoms with van der Waals surface area (Å²) >= 11 is 0. The molecule has 1 aromatic carbocycles. The van der Waals surface area contributed by atoms with Gasteiger partial charge in [-0.2, -0.15) is 0 Å². The van der Waals surface area contributed by atoms with E-state index in [0.717, 1.165) is 23.1 Å². The van der Waals surface area contributed by atoms with E-state index in [-0.39, 0.29) is 5.52 Å². The highest BCUT2D eigenvalue weighted by Gasteiger charge is 2.52. The van der Waals surface area contributed by atoms with Crippen LogP contribution >= 0.6 is 7.14 Å². The zero-order valence-electron chi connectivity index (χ0n) is 16.8. The average Bonchev–Trinajstić information content (AvgIpc) is 2.51. The van der Waals surface area contributed by atoms with Crippen LogP contribution in [0.25, 0.3) is 0 Å². The summed E-state index contributed by atoms with van der Waals surface area (Å²) < 4.78 is 25.6. The van der Waals surface area contributed by atoms with Gasteiger partial charge in [-0.1, -0.05) is 31.0 Å². The smallest absolute Gasteiger partial charge is 0.227 e. The second-order valence-corrected chi connectivity index (χ2v) is 9.80. The van der Waals surface area contributed by atoms with Gasteiger partial charge in [0.15, 0.2) is 0 Å². The van der Waals surface area contributed by atoms with Gasteiger partial charge in [0.2, 0.25) is 18.2 Å². The van der Waals surface area contributed by atoms with Crippen LogP contribution in [0.1, 0.15) is 67.6 Å². The summed E-state index contributed by atoms with van der Waals surface area (Å²) in [6, 6.07) is 3.92. The van der Waals surface area contributed by atoms with Crippen molar-refractivity contribution in [1.29, 1.82) is 0 Å². The molecule has 5 heteroatoms. The van der Waals surface area contributed by atoms with Crippen molar-refractivity contribution in [2.45, 2.75) is 66.8 Å². The molecule has 1 rings (SSSR count). The van der Waals surface area contributed by atoms with E-state index in [4.69, 9.17) is 9.47 Å². The van der Waals surface area contributed by atoms with Gasteiger partial charge in [0.05, 0.1) is 0 Å². The van der Waals surface area contributed by atoms with Crippen molar-refractivity contribution >= 4 is 12.7 Å². The molecule has 1 unspecified atom stereocenters. The average molecular weight is 368 g/mol. The van der Waals surface area contributed by atoms with Crippen LogP contribution < -0.4 is 0 Å². The fourth-order valence-electron chi connectivity index (χ4n) is 3.35. The third kappa shape index (κ3) is 4.61. The summed E-state index contributed by atoms with van der Waals surface area (Å²) in [6.07, 6.45) is 1.85. The first-order chi connectivity index (χ1) is 11.7. The number of unbranched alkanes of at least 4 members (excludes halogenated alkanes) is 1. The highest BCUT2D eigenvalue weighted by Crippen LogP contribution is 2.62. The first kappa shape index (κ1) is 22.1. The lowest BCUT2D eigenvalue weighted by atomic mass is 10.0. The minimum absolute atomic E-state index is 0.297. The number of benzene rings is 1. The number of carbonyl (C=O) groups excluding carboxylic acids is 1. The Kier molecular flexibility index (Phi) is 8.05. The Hall–Kier alpha value is -0.960. The topological polar surface area (TPSA) is 52.6 Å². The van der Waals surface area contributed by atoms with Gasteiger partial charge in [-0.3, -0.25) is 4.79 Å². The first-order valence-corrected chi connectivity index (χ1v) is 11.1. The molecule has 4 nitrogen and oxygen atoms in total. The van der Waals surface area contributed by atoms with Crippen LogP contribution in [0.5, 0.6) is 0 Å². The van der Waals surface area contributed by atoms with Crippen LogP contribution in [0.4, 0.5) is 0 Å². The third-order valence-corrected chi connectivity index (χ3v) is 7.92. The van der Waals surface area contributed by atoms with E-state index in [9.17, 15) is 9.36 Å². The van der Waals surface area contributed by atoms with Crippen molar-refractivity contribution in [1.82, 2.24) is 0 Å². The normalized spacial score (nSPS) is 14.4. The van der Waals surface area contributed by atoms with Crippen LogP contribution in [-0.2, 0) is 14.0 Å². The van der Waals surface area contributed by atoms with E-state index in [1.54, 1.807) is 6.92 Å². The Morgan fingerprint density at radius 2 is 1.52 bits per heavy atom. The number of aryl methyl sites for hydroxylation is 3. The quantitative estimate of drug-likeness (QED) is 0.395. The van der Waals surface area contributed by atoms with Gasteiger partial charge in [0.25, 0.3) is 0 Å². The van der Waals surface area contributed by atoms with Crippen LogP contribution in [0.2, 0.25) is 0 Å². The Labute approximate surface area is 152 Å². The predicted molar refractivity (Wildman–Crippen MR) is 104 cm³/mol. The lowest BCUT2D eigenvalue weighted by Gasteiger charge is -2.36. The Bertz CT molecular complexity index is 622. The number of hydrogen-bond donors (Lipinski definition) is 0. The summed E-state index contributed by atoms with van der Waals surface area (Å²) in [6.45, 7) is 13.8. The van der Waals surface area contributed by atoms with Crippen molar-refractivity contribution in [3.63, 3.8) is 0 Å². The van der Waals surface area contributed by atoms with Gasteiger partial charge < -0.3 is 14.0 Å². The van der Waals surface area contributed by atoms with Gasteiger partial charge in [-0.15, -0.1) is 0 Å². The minimum Gasteiger partial charge on any atom is -0.344 e. The number of hydrogen-bond acceptors (Lipinski definition) is 4. The second kappa shape index (κ2) is 9.12. The van der Waals surface area contributed by atoms with Crippen molar-refractivity contribution in [2.75, 3.05) is 19.4 Å². The fourth-order valence-corrected chi connectivity index (χ4v) is 6.48. The second-order valence-electron chi connectivity index (χ2n) is 6.66. The maximum absolute atomic E-state index is 14.1. The van der Waals surface area contributed by atoms with E-state index < -0.39 is 12.7 Å². The molecular weight excluding hydrogens is 335 g/mol. The molecule has 0 amide bonds. The molecular formula is C20H33O4P. The Morgan fingerprint density at radius 3 is 1.92 bits per heavy atom. The van der Waals surface area contributed by atoms with E-state index in [2.05, 4.69) is 0 Å². The highest BCUT2D eigenvalue weighted by molar-refractivity contribution is 7.82. The highest BCUT2D eigenvalue weighted by atomic mass is 31.2. The van der Waals surface area contributed by atoms with Gasteiger partial charge in [0, 0.05) is 24.9 Å². The predicted octanol–water partition coefficient (Wildman–Crippen LogP) is 5.66. The minimum atomic E-state index is -3.46. The zero-order chi connectivity index (χ0) is 19.3. The van der Waals surface area contributed by atoms with E-state index in [1.165, 1.54) is 0 Å². The molecule has 0 aromatic heterocycles. The molecule has 0 aliphatic heterocycles. The first-order valence-electron chi connectivity index (χ1n) is 9.16. The molecule has 0 fully saturated rings. The molecule has 1 aromatic rings. The van der Waals surface area contributed by atoms with E-state index in [0.29, 0.717) is 31.4 Å². The standard InChI is InChI=1S/C20H33O4P/c1-8-11-12-25(22,20(7,23-9-2)24-10-3)19(21)18-16(5)13-15(4)14-17(18)6/h13-14H,8-12H2,1-7H3. The van der Waals surface area contributed by atoms with Crippen LogP contribution in [0, 0.1) is 20.8 Å². The van der Waals surface area contributed by atoms with E-state index in [1.807, 2.05) is 53.7 Å². The molecule has 0 N–H and O–H groups in total. The molecule has 0 heterocycles. The lowest BCUT2D eigenvalue weighted by Crippen LogP contribution is -2.37. The van der Waals surface area contributed by atoms with Gasteiger partial charge >= 0.3 is 0 Å². The molecule has 25 heavy (non-hydrogen) atoms. The number of ether oxygens (including phenoxy) is 2. The van der Waals surface area contributed by atoms with Gasteiger partial charge in [-0.05, 0) is 59.1 Å². The molecule has 0 radical (unpaired) electrons. The monoisotopic (exact) mass is 368 g/mol. The largest absolute Gasteiger partial charge is 0.344 e. The summed E-state index contributed by atoms with van der Waals surface area (Å²) in [5, 5.41) is 0. The summed E-state index contributed by atoms with van der Waals surface area (Å²) in [7, 11) is -3.46. The van der Waals surface area contributed by atoms with Crippen LogP contribution in [0.3, 0.4) is 0 Å². The maximum Gasteiger partial charge on any atom is 0.227 e. The zero-order valence-corrected chi connectivity index (χ0v) is 17.7. The molecule has 0 bridgehead atoms. The van der Waals surface area contributed by atoms with Crippen molar-refractivity contribution < 1.29 is 18.8 Å². The van der Waals surface area contributed by atoms with Crippen LogP contribution in [-0.4, -0.2) is 30.4 Å². The van der Waals surface area contributed by atoms with E-state index >= 15 is 0 Å². The van der Waals surface area contributed by atoms with Crippen LogP contribution in [0.15, 0.2) is 12.1 Å². The van der Waals surface area contributed by atoms with Gasteiger partial charge in [0.1, 0.15) is 0 Å². The van der Waals surface area contributed by atoms with Crippen molar-refractivity contribution in [3.8, 4) is 0 Å². The Balaban J connectivity index is 3.53. The van der Waals surface area contributed by atoms with Crippen molar-refractivity contribution in [2.24, 2.45) is 0 Å². The fraction of sp³-hybridized carbons (Fsp3) is 0.650. The molecule has 0 spiro atoms. The summed E-state index contributed by atoms with van der Waals surface area (Å²) in [4.78, 5) is 13.5. The Morgan fingerprint density at radius 1 is 1.04 bits per heavy atom. The molecule has 0 saturated carbocycles. The SMILES string of the molecule is CCCCP(=O)(C(=O)c1c(C)cc(C)cc1C)C(C)(OCC)OCC. The molecule has 1 atom stereocenters. The molecule has 0 aliphatic rings. The molecule has 142 valence electrons. The third-order valence-electron chi connectivity index (χ3n) is 4.53. The number of rotatable bonds is 10.